The van der Waals surface area contributed by atoms with Crippen molar-refractivity contribution in [3.63, 3.8) is 0 Å². The van der Waals surface area contributed by atoms with Gasteiger partial charge >= 0.3 is 0 Å². The van der Waals surface area contributed by atoms with Crippen molar-refractivity contribution in [1.29, 1.82) is 5.41 Å². The number of carbonyl (C=O) groups excluding carboxylic acids is 1. The van der Waals surface area contributed by atoms with Crippen molar-refractivity contribution in [3.05, 3.63) is 36.2 Å². The van der Waals surface area contributed by atoms with Crippen molar-refractivity contribution in [1.82, 2.24) is 9.97 Å². The van der Waals surface area contributed by atoms with Crippen LogP contribution in [-0.4, -0.2) is 66.1 Å². The van der Waals surface area contributed by atoms with Gasteiger partial charge in [0.1, 0.15) is 18.1 Å². The van der Waals surface area contributed by atoms with Crippen LogP contribution in [0.1, 0.15) is 25.5 Å². The number of aliphatic hydroxyl groups excluding tert-OH is 1. The molecular formula is C22H30N8O2. The molecule has 10 nitrogen and oxygen atoms in total. The lowest BCUT2D eigenvalue weighted by Crippen LogP contribution is -2.47. The van der Waals surface area contributed by atoms with Crippen molar-refractivity contribution >= 4 is 34.8 Å². The summed E-state index contributed by atoms with van der Waals surface area (Å²) in [7, 11) is 0. The second-order valence-electron chi connectivity index (χ2n) is 8.66. The zero-order valence-corrected chi connectivity index (χ0v) is 18.3. The molecule has 1 aromatic carbocycles. The number of carbonyl (C=O) groups is 1. The van der Waals surface area contributed by atoms with E-state index in [0.717, 1.165) is 25.9 Å². The van der Waals surface area contributed by atoms with E-state index in [1.807, 2.05) is 18.2 Å². The van der Waals surface area contributed by atoms with E-state index in [1.165, 1.54) is 4.90 Å². The Morgan fingerprint density at radius 3 is 2.38 bits per heavy atom. The number of fused-ring (bicyclic) bond motifs is 1. The lowest BCUT2D eigenvalue weighted by atomic mass is 9.80. The number of hydrogen-bond donors (Lipinski definition) is 4. The van der Waals surface area contributed by atoms with Gasteiger partial charge in [-0.3, -0.25) is 10.2 Å². The van der Waals surface area contributed by atoms with Crippen LogP contribution in [0.25, 0.3) is 0 Å². The summed E-state index contributed by atoms with van der Waals surface area (Å²) in [4.78, 5) is 26.6. The molecule has 0 unspecified atom stereocenters. The molecule has 0 bridgehead atoms. The maximum absolute atomic E-state index is 12.1. The maximum Gasteiger partial charge on any atom is 0.252 e. The lowest BCUT2D eigenvalue weighted by Gasteiger charge is -2.39. The highest BCUT2D eigenvalue weighted by molar-refractivity contribution is 6.12. The molecule has 1 amide bonds. The molecule has 3 heterocycles. The second kappa shape index (κ2) is 8.71. The Labute approximate surface area is 187 Å². The van der Waals surface area contributed by atoms with Crippen LogP contribution in [0.4, 0.5) is 23.0 Å². The maximum atomic E-state index is 12.1. The van der Waals surface area contributed by atoms with Crippen molar-refractivity contribution in [2.75, 3.05) is 59.8 Å². The number of nitrogens with one attached hydrogen (secondary N) is 1. The Morgan fingerprint density at radius 1 is 1.16 bits per heavy atom. The standard InChI is InChI=1S/C22H30N8O2/c1-22(14-23)6-8-28(9-7-22)17-12-26-19(20(24)27-17)21(25)30-11-10-29(18(32)13-31)15-4-2-3-5-16(15)30/h2-5,12,25,31H,6-11,13-14,23H2,1H3,(H2,24,27). The Morgan fingerprint density at radius 2 is 1.78 bits per heavy atom. The summed E-state index contributed by atoms with van der Waals surface area (Å²) in [6.07, 6.45) is 3.63. The van der Waals surface area contributed by atoms with E-state index in [2.05, 4.69) is 21.8 Å². The molecule has 6 N–H and O–H groups in total. The molecule has 32 heavy (non-hydrogen) atoms. The number of aliphatic hydroxyl groups is 1. The number of anilines is 4. The fourth-order valence-electron chi connectivity index (χ4n) is 4.27. The zero-order chi connectivity index (χ0) is 22.9. The van der Waals surface area contributed by atoms with Crippen LogP contribution in [0.3, 0.4) is 0 Å². The van der Waals surface area contributed by atoms with Crippen LogP contribution in [0, 0.1) is 10.8 Å². The minimum Gasteiger partial charge on any atom is -0.387 e. The summed E-state index contributed by atoms with van der Waals surface area (Å²) in [6, 6.07) is 7.29. The first-order valence-corrected chi connectivity index (χ1v) is 10.8. The van der Waals surface area contributed by atoms with Gasteiger partial charge in [-0.1, -0.05) is 19.1 Å². The smallest absolute Gasteiger partial charge is 0.252 e. The predicted octanol–water partition coefficient (Wildman–Crippen LogP) is 0.795. The molecule has 1 fully saturated rings. The Hall–Kier alpha value is -3.24. The largest absolute Gasteiger partial charge is 0.387 e. The van der Waals surface area contributed by atoms with E-state index in [1.54, 1.807) is 17.2 Å². The third kappa shape index (κ3) is 3.98. The monoisotopic (exact) mass is 438 g/mol. The Bertz CT molecular complexity index is 1020. The quantitative estimate of drug-likeness (QED) is 0.404. The minimum absolute atomic E-state index is 0.124. The number of nitrogens with two attached hydrogens (primary N) is 2. The number of piperidine rings is 1. The zero-order valence-electron chi connectivity index (χ0n) is 18.3. The topological polar surface area (TPSA) is 149 Å². The number of rotatable bonds is 4. The van der Waals surface area contributed by atoms with Gasteiger partial charge in [-0.25, -0.2) is 9.97 Å². The SMILES string of the molecule is CC1(CN)CCN(c2cnc(C(=N)N3CCN(C(=O)CO)c4ccccc43)c(N)n2)CC1. The highest BCUT2D eigenvalue weighted by atomic mass is 16.3. The van der Waals surface area contributed by atoms with Crippen LogP contribution < -0.4 is 26.2 Å². The van der Waals surface area contributed by atoms with E-state index in [-0.39, 0.29) is 23.0 Å². The summed E-state index contributed by atoms with van der Waals surface area (Å²) in [5, 5.41) is 18.1. The third-order valence-corrected chi connectivity index (χ3v) is 6.52. The number of nitrogens with zero attached hydrogens (tertiary/aromatic N) is 5. The number of nitrogen functional groups attached to an aromatic ring is 1. The van der Waals surface area contributed by atoms with Crippen molar-refractivity contribution in [2.24, 2.45) is 11.1 Å². The van der Waals surface area contributed by atoms with Gasteiger partial charge in [0.2, 0.25) is 0 Å². The van der Waals surface area contributed by atoms with Gasteiger partial charge in [0, 0.05) is 26.2 Å². The van der Waals surface area contributed by atoms with Gasteiger partial charge in [0.05, 0.1) is 17.6 Å². The molecule has 170 valence electrons. The molecule has 2 aliphatic heterocycles. The second-order valence-corrected chi connectivity index (χ2v) is 8.66. The van der Waals surface area contributed by atoms with Gasteiger partial charge in [-0.15, -0.1) is 0 Å². The predicted molar refractivity (Wildman–Crippen MR) is 125 cm³/mol. The number of benzene rings is 1. The lowest BCUT2D eigenvalue weighted by molar-refractivity contribution is -0.121. The van der Waals surface area contributed by atoms with Crippen LogP contribution in [-0.2, 0) is 4.79 Å². The molecule has 0 atom stereocenters. The molecule has 2 aliphatic rings. The fraction of sp³-hybridized carbons (Fsp3) is 0.455. The van der Waals surface area contributed by atoms with Crippen molar-refractivity contribution in [3.8, 4) is 0 Å². The van der Waals surface area contributed by atoms with E-state index in [4.69, 9.17) is 16.9 Å². The summed E-state index contributed by atoms with van der Waals surface area (Å²) in [5.41, 5.74) is 13.9. The number of amidine groups is 1. The van der Waals surface area contributed by atoms with Crippen LogP contribution >= 0.6 is 0 Å². The summed E-state index contributed by atoms with van der Waals surface area (Å²) < 4.78 is 0. The number of amides is 1. The van der Waals surface area contributed by atoms with E-state index in [9.17, 15) is 9.90 Å². The third-order valence-electron chi connectivity index (χ3n) is 6.52. The van der Waals surface area contributed by atoms with E-state index < -0.39 is 6.61 Å². The Kier molecular flexibility index (Phi) is 5.98. The molecule has 0 spiro atoms. The van der Waals surface area contributed by atoms with Gasteiger partial charge in [0.25, 0.3) is 5.91 Å². The summed E-state index contributed by atoms with van der Waals surface area (Å²) >= 11 is 0. The van der Waals surface area contributed by atoms with E-state index >= 15 is 0 Å². The van der Waals surface area contributed by atoms with Crippen LogP contribution in [0.5, 0.6) is 0 Å². The number of hydrogen-bond acceptors (Lipinski definition) is 8. The summed E-state index contributed by atoms with van der Waals surface area (Å²) in [6.45, 7) is 4.72. The van der Waals surface area contributed by atoms with Gasteiger partial charge in [-0.05, 0) is 36.9 Å². The average molecular weight is 439 g/mol. The molecule has 1 saturated heterocycles. The molecule has 1 aromatic heterocycles. The fourth-order valence-corrected chi connectivity index (χ4v) is 4.27. The molecular weight excluding hydrogens is 408 g/mol. The van der Waals surface area contributed by atoms with E-state index in [0.29, 0.717) is 42.5 Å². The van der Waals surface area contributed by atoms with Gasteiger partial charge in [-0.2, -0.15) is 0 Å². The first kappa shape index (κ1) is 22.0. The minimum atomic E-state index is -0.563. The molecule has 0 aliphatic carbocycles. The molecule has 0 radical (unpaired) electrons. The number of para-hydroxylation sites is 2. The summed E-state index contributed by atoms with van der Waals surface area (Å²) in [5.74, 6) is 0.655. The van der Waals surface area contributed by atoms with Crippen molar-refractivity contribution in [2.45, 2.75) is 19.8 Å². The van der Waals surface area contributed by atoms with Gasteiger partial charge < -0.3 is 31.3 Å². The molecule has 2 aromatic rings. The highest BCUT2D eigenvalue weighted by Crippen LogP contribution is 2.35. The first-order valence-electron chi connectivity index (χ1n) is 10.8. The van der Waals surface area contributed by atoms with Crippen LogP contribution in [0.2, 0.25) is 0 Å². The molecule has 0 saturated carbocycles. The first-order chi connectivity index (χ1) is 15.4. The molecule has 4 rings (SSSR count). The van der Waals surface area contributed by atoms with Crippen LogP contribution in [0.15, 0.2) is 30.5 Å². The van der Waals surface area contributed by atoms with Gasteiger partial charge in [0.15, 0.2) is 11.7 Å². The number of aromatic nitrogens is 2. The Balaban J connectivity index is 1.56. The normalized spacial score (nSPS) is 17.8. The highest BCUT2D eigenvalue weighted by Gasteiger charge is 2.31. The molecule has 10 heteroatoms. The average Bonchev–Trinajstić information content (AvgIpc) is 2.83. The van der Waals surface area contributed by atoms with Crippen molar-refractivity contribution < 1.29 is 9.90 Å².